The molecule has 2 aromatic rings. The van der Waals surface area contributed by atoms with Gasteiger partial charge in [-0.25, -0.2) is 0 Å². The summed E-state index contributed by atoms with van der Waals surface area (Å²) in [6.45, 7) is 13.3. The summed E-state index contributed by atoms with van der Waals surface area (Å²) >= 11 is 3.54. The van der Waals surface area contributed by atoms with Crippen LogP contribution < -0.4 is 5.32 Å². The van der Waals surface area contributed by atoms with Crippen molar-refractivity contribution in [3.63, 3.8) is 0 Å². The van der Waals surface area contributed by atoms with E-state index < -0.39 is 0 Å². The second-order valence-corrected chi connectivity index (χ2v) is 6.52. The van der Waals surface area contributed by atoms with E-state index >= 15 is 0 Å². The minimum absolute atomic E-state index is 0.961. The maximum atomic E-state index is 8.00. The normalized spacial score (nSPS) is 9.52. The van der Waals surface area contributed by atoms with Crippen LogP contribution in [0.5, 0.6) is 0 Å². The lowest BCUT2D eigenvalue weighted by Crippen LogP contribution is -2.12. The van der Waals surface area contributed by atoms with E-state index in [1.54, 1.807) is 0 Å². The Hall–Kier alpha value is -1.91. The van der Waals surface area contributed by atoms with E-state index in [1.165, 1.54) is 28.1 Å². The number of nitrogens with one attached hydrogen (secondary N) is 1. The summed E-state index contributed by atoms with van der Waals surface area (Å²) in [6, 6.07) is 12.9. The van der Waals surface area contributed by atoms with E-state index in [0.717, 1.165) is 17.4 Å². The van der Waals surface area contributed by atoms with E-state index in [4.69, 9.17) is 4.79 Å². The van der Waals surface area contributed by atoms with Crippen molar-refractivity contribution in [3.8, 4) is 0 Å². The zero-order valence-electron chi connectivity index (χ0n) is 15.7. The molecule has 0 unspecified atom stereocenters. The number of anilines is 2. The Balaban J connectivity index is 0.00000134. The maximum absolute atomic E-state index is 8.00. The van der Waals surface area contributed by atoms with Crippen molar-refractivity contribution in [2.75, 3.05) is 19.4 Å². The lowest BCUT2D eigenvalue weighted by Gasteiger charge is -2.18. The molecule has 4 heteroatoms. The Bertz CT molecular complexity index is 654. The first-order valence-corrected chi connectivity index (χ1v) is 8.88. The number of hydrogen-bond donors (Lipinski definition) is 1. The summed E-state index contributed by atoms with van der Waals surface area (Å²) < 4.78 is 1.13. The van der Waals surface area contributed by atoms with Crippen LogP contribution >= 0.6 is 15.9 Å². The van der Waals surface area contributed by atoms with Crippen LogP contribution in [0.4, 0.5) is 11.4 Å². The molecule has 3 nitrogen and oxygen atoms in total. The Labute approximate surface area is 160 Å². The largest absolute Gasteiger partial charge is 0.355 e. The van der Waals surface area contributed by atoms with Crippen molar-refractivity contribution >= 4 is 34.1 Å². The van der Waals surface area contributed by atoms with Gasteiger partial charge in [-0.3, -0.25) is 0 Å². The number of halogens is 1. The van der Waals surface area contributed by atoms with Crippen molar-refractivity contribution in [1.29, 1.82) is 0 Å². The van der Waals surface area contributed by atoms with Crippen LogP contribution in [0.3, 0.4) is 0 Å². The molecule has 0 amide bonds. The minimum atomic E-state index is 0.961. The molecule has 0 spiro atoms. The number of hydrogen-bond acceptors (Lipinski definition) is 3. The van der Waals surface area contributed by atoms with Gasteiger partial charge < -0.3 is 15.0 Å². The molecule has 0 fully saturated rings. The Morgan fingerprint density at radius 3 is 2.24 bits per heavy atom. The first-order valence-electron chi connectivity index (χ1n) is 8.08. The van der Waals surface area contributed by atoms with Crippen LogP contribution in [0.1, 0.15) is 23.6 Å². The highest BCUT2D eigenvalue weighted by Gasteiger charge is 2.07. The molecule has 0 aromatic heterocycles. The van der Waals surface area contributed by atoms with Crippen LogP contribution in [0.25, 0.3) is 0 Å². The lowest BCUT2D eigenvalue weighted by molar-refractivity contribution is -0.0979. The topological polar surface area (TPSA) is 32.3 Å². The van der Waals surface area contributed by atoms with Crippen molar-refractivity contribution in [2.45, 2.75) is 26.8 Å². The van der Waals surface area contributed by atoms with Gasteiger partial charge in [0.05, 0.1) is 0 Å². The zero-order valence-corrected chi connectivity index (χ0v) is 17.3. The molecular formula is C21H29BrN2O. The van der Waals surface area contributed by atoms with E-state index in [-0.39, 0.29) is 0 Å². The van der Waals surface area contributed by atoms with Crippen molar-refractivity contribution < 1.29 is 4.79 Å². The van der Waals surface area contributed by atoms with E-state index in [9.17, 15) is 0 Å². The van der Waals surface area contributed by atoms with E-state index in [1.807, 2.05) is 6.79 Å². The van der Waals surface area contributed by atoms with Gasteiger partial charge in [-0.1, -0.05) is 35.0 Å². The van der Waals surface area contributed by atoms with Crippen LogP contribution in [0.2, 0.25) is 0 Å². The van der Waals surface area contributed by atoms with Crippen molar-refractivity contribution in [3.05, 3.63) is 70.7 Å². The SMILES string of the molecule is C=C.C=O.CCc1cc(Br)ccc1Nc1cccc(CN(C)C)c1C. The maximum Gasteiger partial charge on any atom is 0.106 e. The second-order valence-electron chi connectivity index (χ2n) is 5.61. The van der Waals surface area contributed by atoms with Gasteiger partial charge >= 0.3 is 0 Å². The molecule has 25 heavy (non-hydrogen) atoms. The van der Waals surface area contributed by atoms with Gasteiger partial charge in [-0.2, -0.15) is 0 Å². The molecule has 0 heterocycles. The third kappa shape index (κ3) is 7.24. The molecule has 2 rings (SSSR count). The third-order valence-electron chi connectivity index (χ3n) is 3.65. The number of benzene rings is 2. The van der Waals surface area contributed by atoms with Gasteiger partial charge in [0.2, 0.25) is 0 Å². The molecular weight excluding hydrogens is 376 g/mol. The summed E-state index contributed by atoms with van der Waals surface area (Å²) in [4.78, 5) is 10.2. The highest BCUT2D eigenvalue weighted by Crippen LogP contribution is 2.28. The number of nitrogens with zero attached hydrogens (tertiary/aromatic N) is 1. The average Bonchev–Trinajstić information content (AvgIpc) is 2.63. The molecule has 0 atom stereocenters. The van der Waals surface area contributed by atoms with Gasteiger partial charge in [0.15, 0.2) is 0 Å². The predicted molar refractivity (Wildman–Crippen MR) is 114 cm³/mol. The highest BCUT2D eigenvalue weighted by atomic mass is 79.9. The molecule has 0 aliphatic heterocycles. The second kappa shape index (κ2) is 12.5. The van der Waals surface area contributed by atoms with Crippen LogP contribution in [-0.4, -0.2) is 25.8 Å². The first kappa shape index (κ1) is 23.1. The van der Waals surface area contributed by atoms with E-state index in [0.29, 0.717) is 0 Å². The summed E-state index contributed by atoms with van der Waals surface area (Å²) in [5, 5.41) is 3.59. The Kier molecular flexibility index (Phi) is 11.5. The zero-order chi connectivity index (χ0) is 19.4. The van der Waals surface area contributed by atoms with Gasteiger partial charge in [-0.15, -0.1) is 13.2 Å². The quantitative estimate of drug-likeness (QED) is 0.644. The van der Waals surface area contributed by atoms with Gasteiger partial charge in [-0.05, 0) is 68.4 Å². The fourth-order valence-corrected chi connectivity index (χ4v) is 2.86. The molecule has 0 radical (unpaired) electrons. The number of aryl methyl sites for hydroxylation is 1. The number of rotatable bonds is 5. The summed E-state index contributed by atoms with van der Waals surface area (Å²) in [7, 11) is 4.20. The lowest BCUT2D eigenvalue weighted by atomic mass is 10.0. The van der Waals surface area contributed by atoms with Crippen LogP contribution in [-0.2, 0) is 17.8 Å². The molecule has 0 aliphatic carbocycles. The summed E-state index contributed by atoms with van der Waals surface area (Å²) in [6.07, 6.45) is 1.01. The first-order chi connectivity index (χ1) is 12.0. The average molecular weight is 405 g/mol. The highest BCUT2D eigenvalue weighted by molar-refractivity contribution is 9.10. The molecule has 0 bridgehead atoms. The molecule has 1 N–H and O–H groups in total. The van der Waals surface area contributed by atoms with Crippen molar-refractivity contribution in [2.24, 2.45) is 0 Å². The molecule has 2 aromatic carbocycles. The summed E-state index contributed by atoms with van der Waals surface area (Å²) in [5.74, 6) is 0. The van der Waals surface area contributed by atoms with Crippen LogP contribution in [0.15, 0.2) is 54.0 Å². The monoisotopic (exact) mass is 404 g/mol. The molecule has 0 saturated carbocycles. The van der Waals surface area contributed by atoms with Gasteiger partial charge in [0, 0.05) is 22.4 Å². The fraction of sp³-hybridized carbons (Fsp3) is 0.286. The van der Waals surface area contributed by atoms with Crippen LogP contribution in [0, 0.1) is 6.92 Å². The third-order valence-corrected chi connectivity index (χ3v) is 4.14. The smallest absolute Gasteiger partial charge is 0.106 e. The number of carbonyl (C=O) groups is 1. The molecule has 0 saturated heterocycles. The Morgan fingerprint density at radius 2 is 1.68 bits per heavy atom. The fourth-order valence-electron chi connectivity index (χ4n) is 2.45. The van der Waals surface area contributed by atoms with Crippen molar-refractivity contribution in [1.82, 2.24) is 4.90 Å². The van der Waals surface area contributed by atoms with E-state index in [2.05, 4.69) is 104 Å². The molecule has 0 aliphatic rings. The number of carbonyl (C=O) groups excluding carboxylic acids is 1. The standard InChI is InChI=1S/C18H23BrN2.C2H4.CH2O/c1-5-14-11-16(19)9-10-18(14)20-17-8-6-7-15(13(17)2)12-21(3)4;2*1-2/h6-11,20H,5,12H2,1-4H3;1-2H2;1H2. The predicted octanol–water partition coefficient (Wildman–Crippen LogP) is 5.74. The Morgan fingerprint density at radius 1 is 1.04 bits per heavy atom. The summed E-state index contributed by atoms with van der Waals surface area (Å²) in [5.41, 5.74) is 6.37. The van der Waals surface area contributed by atoms with Gasteiger partial charge in [0.25, 0.3) is 0 Å². The molecule has 136 valence electrons. The van der Waals surface area contributed by atoms with Gasteiger partial charge in [0.1, 0.15) is 6.79 Å². The minimum Gasteiger partial charge on any atom is -0.355 e.